The molecule has 0 radical (unpaired) electrons. The van der Waals surface area contributed by atoms with E-state index < -0.39 is 5.97 Å². The molecule has 0 saturated carbocycles. The van der Waals surface area contributed by atoms with Crippen LogP contribution in [0.25, 0.3) is 0 Å². The normalized spacial score (nSPS) is 17.2. The van der Waals surface area contributed by atoms with Gasteiger partial charge in [-0.15, -0.1) is 0 Å². The average Bonchev–Trinajstić information content (AvgIpc) is 3.31. The maximum atomic E-state index is 13.0. The van der Waals surface area contributed by atoms with Crippen LogP contribution >= 0.6 is 0 Å². The summed E-state index contributed by atoms with van der Waals surface area (Å²) >= 11 is 0. The molecule has 1 N–H and O–H groups in total. The number of fused-ring (bicyclic) bond motifs is 1. The van der Waals surface area contributed by atoms with Crippen LogP contribution in [-0.2, 0) is 33.7 Å². The number of aryl methyl sites for hydroxylation is 1. The third-order valence-corrected chi connectivity index (χ3v) is 7.54. The lowest BCUT2D eigenvalue weighted by Gasteiger charge is -2.34. The molecule has 0 bridgehead atoms. The Bertz CT molecular complexity index is 1230. The van der Waals surface area contributed by atoms with Crippen LogP contribution in [-0.4, -0.2) is 95.8 Å². The zero-order valence-corrected chi connectivity index (χ0v) is 24.3. The van der Waals surface area contributed by atoms with Gasteiger partial charge in [-0.25, -0.2) is 4.79 Å². The largest absolute Gasteiger partial charge is 0.462 e. The second kappa shape index (κ2) is 14.2. The summed E-state index contributed by atoms with van der Waals surface area (Å²) in [5, 5.41) is 7.73. The maximum Gasteiger partial charge on any atom is 0.338 e. The number of amides is 3. The molecule has 0 spiro atoms. The fourth-order valence-corrected chi connectivity index (χ4v) is 5.22. The second-order valence-corrected chi connectivity index (χ2v) is 10.7. The number of hydrogen-bond acceptors (Lipinski definition) is 7. The molecule has 2 aromatic rings. The summed E-state index contributed by atoms with van der Waals surface area (Å²) in [7, 11) is 0. The number of esters is 1. The topological polar surface area (TPSA) is 123 Å². The number of aromatic nitrogens is 2. The number of nitrogens with one attached hydrogen (secondary N) is 1. The number of carbonyl (C=O) groups is 4. The molecule has 0 aliphatic carbocycles. The molecule has 1 aromatic heterocycles. The number of benzene rings is 1. The van der Waals surface area contributed by atoms with E-state index in [0.717, 1.165) is 24.1 Å². The SMILES string of the molecule is CCn1nc(C[C@@H](C)COC(=O)c2ccc(C(=O)N3CCN(C(C)=O)CC3)cc2)c2c1C(=O)NCCCOCCC2. The Morgan fingerprint density at radius 2 is 1.68 bits per heavy atom. The summed E-state index contributed by atoms with van der Waals surface area (Å²) in [4.78, 5) is 53.5. The van der Waals surface area contributed by atoms with E-state index in [1.807, 2.05) is 13.8 Å². The van der Waals surface area contributed by atoms with Crippen molar-refractivity contribution in [3.8, 4) is 0 Å². The Balaban J connectivity index is 1.33. The molecule has 1 saturated heterocycles. The van der Waals surface area contributed by atoms with Gasteiger partial charge in [0.1, 0.15) is 5.69 Å². The molecular formula is C30H41N5O6. The van der Waals surface area contributed by atoms with Crippen LogP contribution in [0.3, 0.4) is 0 Å². The summed E-state index contributed by atoms with van der Waals surface area (Å²) in [6, 6.07) is 6.48. The predicted octanol–water partition coefficient (Wildman–Crippen LogP) is 2.33. The van der Waals surface area contributed by atoms with Gasteiger partial charge in [-0.05, 0) is 62.8 Å². The number of nitrogens with zero attached hydrogens (tertiary/aromatic N) is 4. The van der Waals surface area contributed by atoms with Crippen LogP contribution in [0.2, 0.25) is 0 Å². The van der Waals surface area contributed by atoms with E-state index in [1.54, 1.807) is 38.7 Å². The summed E-state index contributed by atoms with van der Waals surface area (Å²) in [6.07, 6.45) is 2.84. The predicted molar refractivity (Wildman–Crippen MR) is 152 cm³/mol. The monoisotopic (exact) mass is 567 g/mol. The lowest BCUT2D eigenvalue weighted by atomic mass is 9.99. The van der Waals surface area contributed by atoms with Crippen LogP contribution in [0.5, 0.6) is 0 Å². The Kier molecular flexibility index (Phi) is 10.5. The first-order chi connectivity index (χ1) is 19.8. The van der Waals surface area contributed by atoms with E-state index in [1.165, 1.54) is 6.92 Å². The average molecular weight is 568 g/mol. The smallest absolute Gasteiger partial charge is 0.338 e. The van der Waals surface area contributed by atoms with Crippen molar-refractivity contribution >= 4 is 23.7 Å². The van der Waals surface area contributed by atoms with Crippen molar-refractivity contribution in [1.29, 1.82) is 0 Å². The Morgan fingerprint density at radius 1 is 1.02 bits per heavy atom. The molecule has 1 atom stereocenters. The number of ether oxygens (including phenoxy) is 2. The van der Waals surface area contributed by atoms with E-state index in [9.17, 15) is 19.2 Å². The van der Waals surface area contributed by atoms with Crippen molar-refractivity contribution in [2.45, 2.75) is 53.0 Å². The first-order valence-electron chi connectivity index (χ1n) is 14.5. The van der Waals surface area contributed by atoms with Gasteiger partial charge in [-0.3, -0.25) is 19.1 Å². The second-order valence-electron chi connectivity index (χ2n) is 10.7. The van der Waals surface area contributed by atoms with E-state index in [0.29, 0.717) is 82.1 Å². The quantitative estimate of drug-likeness (QED) is 0.510. The van der Waals surface area contributed by atoms with Crippen molar-refractivity contribution in [1.82, 2.24) is 24.9 Å². The van der Waals surface area contributed by atoms with Crippen molar-refractivity contribution < 1.29 is 28.7 Å². The van der Waals surface area contributed by atoms with E-state index in [2.05, 4.69) is 5.32 Å². The molecule has 2 aliphatic rings. The summed E-state index contributed by atoms with van der Waals surface area (Å²) in [5.74, 6) is -0.693. The van der Waals surface area contributed by atoms with Crippen molar-refractivity contribution in [3.63, 3.8) is 0 Å². The zero-order chi connectivity index (χ0) is 29.4. The van der Waals surface area contributed by atoms with Crippen LogP contribution in [0.15, 0.2) is 24.3 Å². The van der Waals surface area contributed by atoms with E-state index >= 15 is 0 Å². The summed E-state index contributed by atoms with van der Waals surface area (Å²) < 4.78 is 13.0. The molecule has 11 heteroatoms. The lowest BCUT2D eigenvalue weighted by molar-refractivity contribution is -0.130. The minimum Gasteiger partial charge on any atom is -0.462 e. The molecular weight excluding hydrogens is 526 g/mol. The van der Waals surface area contributed by atoms with Crippen LogP contribution in [0.4, 0.5) is 0 Å². The first kappa shape index (κ1) is 30.2. The third-order valence-electron chi connectivity index (χ3n) is 7.54. The first-order valence-corrected chi connectivity index (χ1v) is 14.5. The third kappa shape index (κ3) is 7.72. The molecule has 0 unspecified atom stereocenters. The van der Waals surface area contributed by atoms with Crippen molar-refractivity contribution in [3.05, 3.63) is 52.3 Å². The lowest BCUT2D eigenvalue weighted by Crippen LogP contribution is -2.50. The number of hydrogen-bond donors (Lipinski definition) is 1. The fourth-order valence-electron chi connectivity index (χ4n) is 5.22. The number of rotatable bonds is 7. The highest BCUT2D eigenvalue weighted by Gasteiger charge is 2.25. The van der Waals surface area contributed by atoms with Crippen molar-refractivity contribution in [2.24, 2.45) is 5.92 Å². The summed E-state index contributed by atoms with van der Waals surface area (Å²) in [6.45, 7) is 10.1. The highest BCUT2D eigenvalue weighted by atomic mass is 16.5. The molecule has 4 rings (SSSR count). The van der Waals surface area contributed by atoms with Gasteiger partial charge in [0.05, 0.1) is 17.9 Å². The Hall–Kier alpha value is -3.73. The fraction of sp³-hybridized carbons (Fsp3) is 0.567. The van der Waals surface area contributed by atoms with Crippen LogP contribution in [0.1, 0.15) is 76.1 Å². The van der Waals surface area contributed by atoms with E-state index in [4.69, 9.17) is 14.6 Å². The zero-order valence-electron chi connectivity index (χ0n) is 24.3. The van der Waals surface area contributed by atoms with Gasteiger partial charge in [0.15, 0.2) is 0 Å². The maximum absolute atomic E-state index is 13.0. The van der Waals surface area contributed by atoms with Gasteiger partial charge in [0.25, 0.3) is 11.8 Å². The minimum atomic E-state index is -0.458. The van der Waals surface area contributed by atoms with E-state index in [-0.39, 0.29) is 30.2 Å². The molecule has 222 valence electrons. The van der Waals surface area contributed by atoms with Crippen molar-refractivity contribution in [2.75, 3.05) is 52.5 Å². The Labute approximate surface area is 241 Å². The standard InChI is InChI=1S/C30H41N5O6/c1-4-35-27-25(7-5-17-40-18-6-12-31-28(27)37)26(32-35)19-21(2)20-41-30(39)24-10-8-23(9-11-24)29(38)34-15-13-33(14-16-34)22(3)36/h8-11,21H,4-7,12-20H2,1-3H3,(H,31,37)/t21-/m1/s1. The molecule has 41 heavy (non-hydrogen) atoms. The molecule has 1 fully saturated rings. The Morgan fingerprint density at radius 3 is 2.37 bits per heavy atom. The highest BCUT2D eigenvalue weighted by molar-refractivity contribution is 5.96. The molecule has 3 amide bonds. The van der Waals surface area contributed by atoms with Gasteiger partial charge >= 0.3 is 5.97 Å². The number of piperazine rings is 1. The van der Waals surface area contributed by atoms with Gasteiger partial charge in [0, 0.05) is 70.5 Å². The molecule has 1 aromatic carbocycles. The highest BCUT2D eigenvalue weighted by Crippen LogP contribution is 2.21. The van der Waals surface area contributed by atoms with Gasteiger partial charge in [-0.2, -0.15) is 5.10 Å². The van der Waals surface area contributed by atoms with Gasteiger partial charge < -0.3 is 24.6 Å². The molecule has 2 aliphatic heterocycles. The van der Waals surface area contributed by atoms with Gasteiger partial charge in [-0.1, -0.05) is 6.92 Å². The molecule has 3 heterocycles. The van der Waals surface area contributed by atoms with Gasteiger partial charge in [0.2, 0.25) is 5.91 Å². The summed E-state index contributed by atoms with van der Waals surface area (Å²) in [5.41, 5.74) is 3.27. The van der Waals surface area contributed by atoms with Crippen LogP contribution < -0.4 is 5.32 Å². The molecule has 11 nitrogen and oxygen atoms in total. The minimum absolute atomic E-state index is 0.0128. The van der Waals surface area contributed by atoms with Crippen LogP contribution in [0, 0.1) is 5.92 Å². The number of carbonyl (C=O) groups excluding carboxylic acids is 4.